The highest BCUT2D eigenvalue weighted by Gasteiger charge is 2.31. The number of rotatable bonds is 3. The largest absolute Gasteiger partial charge is 0.282 e. The van der Waals surface area contributed by atoms with Crippen LogP contribution in [-0.4, -0.2) is 19.7 Å². The SMILES string of the molecule is Cc1ccc(C2=Cc3n[nH]c(C)c3C(c3nc4ccccc4c(=O)n3-c3ccc(C)cc3)C2)cc1. The van der Waals surface area contributed by atoms with Crippen LogP contribution >= 0.6 is 0 Å². The molecular formula is C30H26N4O. The van der Waals surface area contributed by atoms with Gasteiger partial charge in [0.2, 0.25) is 0 Å². The molecule has 1 N–H and O–H groups in total. The first kappa shape index (κ1) is 21.3. The lowest BCUT2D eigenvalue weighted by Crippen LogP contribution is -2.27. The molecule has 0 bridgehead atoms. The van der Waals surface area contributed by atoms with Crippen LogP contribution in [0.2, 0.25) is 0 Å². The Morgan fingerprint density at radius 1 is 0.886 bits per heavy atom. The number of aromatic nitrogens is 4. The number of allylic oxidation sites excluding steroid dienone is 1. The molecule has 0 amide bonds. The molecule has 5 nitrogen and oxygen atoms in total. The Balaban J connectivity index is 1.62. The third-order valence-corrected chi connectivity index (χ3v) is 6.94. The van der Waals surface area contributed by atoms with Crippen molar-refractivity contribution in [3.63, 3.8) is 0 Å². The summed E-state index contributed by atoms with van der Waals surface area (Å²) in [4.78, 5) is 19.0. The van der Waals surface area contributed by atoms with Gasteiger partial charge >= 0.3 is 0 Å². The summed E-state index contributed by atoms with van der Waals surface area (Å²) in [7, 11) is 0. The molecule has 6 rings (SSSR count). The molecule has 172 valence electrons. The van der Waals surface area contributed by atoms with Crippen LogP contribution in [0.25, 0.3) is 28.2 Å². The van der Waals surface area contributed by atoms with Crippen molar-refractivity contribution in [1.82, 2.24) is 19.7 Å². The number of nitrogens with zero attached hydrogens (tertiary/aromatic N) is 3. The van der Waals surface area contributed by atoms with E-state index in [2.05, 4.69) is 47.5 Å². The van der Waals surface area contributed by atoms with Crippen LogP contribution in [0.1, 0.15) is 51.8 Å². The predicted octanol–water partition coefficient (Wildman–Crippen LogP) is 6.11. The second-order valence-electron chi connectivity index (χ2n) is 9.40. The highest BCUT2D eigenvalue weighted by Crippen LogP contribution is 2.42. The van der Waals surface area contributed by atoms with E-state index < -0.39 is 0 Å². The molecule has 1 atom stereocenters. The van der Waals surface area contributed by atoms with E-state index >= 15 is 0 Å². The Hall–Kier alpha value is -4.25. The lowest BCUT2D eigenvalue weighted by Gasteiger charge is -2.26. The van der Waals surface area contributed by atoms with E-state index in [0.717, 1.165) is 46.0 Å². The first-order valence-corrected chi connectivity index (χ1v) is 11.9. The molecule has 1 aliphatic carbocycles. The standard InChI is InChI=1S/C30H26N4O/c1-18-8-12-21(13-9-18)22-16-25(28-20(3)32-33-27(28)17-22)29-31-26-7-5-4-6-24(26)30(35)34(29)23-14-10-19(2)11-15-23/h4-15,17,25H,16H2,1-3H3,(H,32,33). The van der Waals surface area contributed by atoms with Crippen molar-refractivity contribution in [3.8, 4) is 5.69 Å². The highest BCUT2D eigenvalue weighted by atomic mass is 16.1. The maximum absolute atomic E-state index is 13.9. The van der Waals surface area contributed by atoms with Crippen molar-refractivity contribution < 1.29 is 0 Å². The molecule has 35 heavy (non-hydrogen) atoms. The average Bonchev–Trinajstić information content (AvgIpc) is 3.25. The third-order valence-electron chi connectivity index (χ3n) is 6.94. The summed E-state index contributed by atoms with van der Waals surface area (Å²) < 4.78 is 1.79. The van der Waals surface area contributed by atoms with Crippen LogP contribution in [0.4, 0.5) is 0 Å². The van der Waals surface area contributed by atoms with Gasteiger partial charge in [-0.15, -0.1) is 0 Å². The van der Waals surface area contributed by atoms with E-state index in [1.54, 1.807) is 4.57 Å². The fourth-order valence-electron chi connectivity index (χ4n) is 5.07. The Morgan fingerprint density at radius 3 is 2.31 bits per heavy atom. The summed E-state index contributed by atoms with van der Waals surface area (Å²) in [6.07, 6.45) is 2.89. The zero-order valence-electron chi connectivity index (χ0n) is 20.0. The average molecular weight is 459 g/mol. The van der Waals surface area contributed by atoms with Crippen molar-refractivity contribution in [2.45, 2.75) is 33.1 Å². The minimum atomic E-state index is -0.122. The number of H-pyrrole nitrogens is 1. The van der Waals surface area contributed by atoms with Gasteiger partial charge in [-0.25, -0.2) is 4.98 Å². The summed E-state index contributed by atoms with van der Waals surface area (Å²) in [6.45, 7) is 6.18. The number of para-hydroxylation sites is 1. The normalized spacial score (nSPS) is 15.2. The monoisotopic (exact) mass is 458 g/mol. The van der Waals surface area contributed by atoms with Gasteiger partial charge in [0.25, 0.3) is 5.56 Å². The Morgan fingerprint density at radius 2 is 1.57 bits per heavy atom. The predicted molar refractivity (Wildman–Crippen MR) is 141 cm³/mol. The number of hydrogen-bond acceptors (Lipinski definition) is 3. The topological polar surface area (TPSA) is 63.6 Å². The molecule has 2 heterocycles. The number of nitrogens with one attached hydrogen (secondary N) is 1. The number of hydrogen-bond donors (Lipinski definition) is 1. The van der Waals surface area contributed by atoms with Gasteiger partial charge < -0.3 is 0 Å². The number of aryl methyl sites for hydroxylation is 3. The minimum absolute atomic E-state index is 0.0522. The Kier molecular flexibility index (Phi) is 4.99. The first-order valence-electron chi connectivity index (χ1n) is 11.9. The molecular weight excluding hydrogens is 432 g/mol. The molecule has 0 aliphatic heterocycles. The van der Waals surface area contributed by atoms with Crippen LogP contribution in [-0.2, 0) is 0 Å². The van der Waals surface area contributed by atoms with E-state index in [9.17, 15) is 4.79 Å². The van der Waals surface area contributed by atoms with Crippen LogP contribution < -0.4 is 5.56 Å². The lowest BCUT2D eigenvalue weighted by atomic mass is 9.82. The van der Waals surface area contributed by atoms with E-state index in [1.165, 1.54) is 11.1 Å². The summed E-state index contributed by atoms with van der Waals surface area (Å²) in [5, 5.41) is 8.39. The fraction of sp³-hybridized carbons (Fsp3) is 0.167. The van der Waals surface area contributed by atoms with Crippen LogP contribution in [0.15, 0.2) is 77.6 Å². The fourth-order valence-corrected chi connectivity index (χ4v) is 5.07. The summed E-state index contributed by atoms with van der Waals surface area (Å²) >= 11 is 0. The zero-order chi connectivity index (χ0) is 24.1. The van der Waals surface area contributed by atoms with Crippen molar-refractivity contribution in [1.29, 1.82) is 0 Å². The quantitative estimate of drug-likeness (QED) is 0.355. The van der Waals surface area contributed by atoms with Gasteiger partial charge in [0.05, 0.1) is 28.2 Å². The van der Waals surface area contributed by atoms with E-state index in [0.29, 0.717) is 10.9 Å². The molecule has 0 spiro atoms. The van der Waals surface area contributed by atoms with Gasteiger partial charge in [0.1, 0.15) is 5.82 Å². The molecule has 5 aromatic rings. The van der Waals surface area contributed by atoms with Crippen molar-refractivity contribution in [3.05, 3.63) is 123 Å². The van der Waals surface area contributed by atoms with Crippen LogP contribution in [0, 0.1) is 20.8 Å². The summed E-state index contributed by atoms with van der Waals surface area (Å²) in [6, 6.07) is 24.2. The molecule has 5 heteroatoms. The second-order valence-corrected chi connectivity index (χ2v) is 9.40. The smallest absolute Gasteiger partial charge is 0.265 e. The number of benzene rings is 3. The van der Waals surface area contributed by atoms with Gasteiger partial charge in [-0.3, -0.25) is 14.5 Å². The Labute approximate surface area is 203 Å². The van der Waals surface area contributed by atoms with Gasteiger partial charge in [-0.2, -0.15) is 5.10 Å². The van der Waals surface area contributed by atoms with Gasteiger partial charge in [0, 0.05) is 11.3 Å². The third kappa shape index (κ3) is 3.60. The van der Waals surface area contributed by atoms with E-state index in [4.69, 9.17) is 4.98 Å². The molecule has 0 radical (unpaired) electrons. The molecule has 0 saturated heterocycles. The van der Waals surface area contributed by atoms with Crippen LogP contribution in [0.3, 0.4) is 0 Å². The lowest BCUT2D eigenvalue weighted by molar-refractivity contribution is 0.708. The van der Waals surface area contributed by atoms with Crippen molar-refractivity contribution in [2.75, 3.05) is 0 Å². The van der Waals surface area contributed by atoms with Crippen LogP contribution in [0.5, 0.6) is 0 Å². The second kappa shape index (κ2) is 8.20. The molecule has 0 fully saturated rings. The first-order chi connectivity index (χ1) is 17.0. The summed E-state index contributed by atoms with van der Waals surface area (Å²) in [5.41, 5.74) is 9.22. The van der Waals surface area contributed by atoms with E-state index in [1.807, 2.05) is 62.4 Å². The van der Waals surface area contributed by atoms with E-state index in [-0.39, 0.29) is 11.5 Å². The van der Waals surface area contributed by atoms with Gasteiger partial charge in [-0.1, -0.05) is 59.7 Å². The number of aromatic amines is 1. The Bertz CT molecular complexity index is 1650. The molecule has 1 aliphatic rings. The van der Waals surface area contributed by atoms with Crippen molar-refractivity contribution in [2.24, 2.45) is 0 Å². The molecule has 3 aromatic carbocycles. The van der Waals surface area contributed by atoms with Crippen molar-refractivity contribution >= 4 is 22.6 Å². The van der Waals surface area contributed by atoms with Gasteiger partial charge in [0.15, 0.2) is 0 Å². The van der Waals surface area contributed by atoms with Gasteiger partial charge in [-0.05, 0) is 68.7 Å². The number of fused-ring (bicyclic) bond motifs is 2. The summed E-state index contributed by atoms with van der Waals surface area (Å²) in [5.74, 6) is 0.615. The minimum Gasteiger partial charge on any atom is -0.282 e. The maximum atomic E-state index is 13.9. The highest BCUT2D eigenvalue weighted by molar-refractivity contribution is 5.85. The molecule has 2 aromatic heterocycles. The molecule has 0 saturated carbocycles. The maximum Gasteiger partial charge on any atom is 0.265 e. The molecule has 1 unspecified atom stereocenters. The zero-order valence-corrected chi connectivity index (χ0v) is 20.0.